The lowest BCUT2D eigenvalue weighted by molar-refractivity contribution is -0.139. The summed E-state index contributed by atoms with van der Waals surface area (Å²) in [6.45, 7) is 4.80. The number of sulfonamides is 1. The van der Waals surface area contributed by atoms with Crippen LogP contribution >= 0.6 is 0 Å². The average Bonchev–Trinajstić information content (AvgIpc) is 2.49. The van der Waals surface area contributed by atoms with Crippen LogP contribution in [0.5, 0.6) is 0 Å². The Labute approximate surface area is 106 Å². The van der Waals surface area contributed by atoms with Crippen molar-refractivity contribution in [2.75, 3.05) is 0 Å². The number of hydrogen-bond acceptors (Lipinski definition) is 4. The summed E-state index contributed by atoms with van der Waals surface area (Å²) in [6, 6.07) is -1.13. The van der Waals surface area contributed by atoms with E-state index in [0.29, 0.717) is 11.4 Å². The summed E-state index contributed by atoms with van der Waals surface area (Å²) in [5.41, 5.74) is 0.822. The van der Waals surface area contributed by atoms with Crippen LogP contribution in [0.25, 0.3) is 0 Å². The molecule has 0 aromatic carbocycles. The zero-order valence-corrected chi connectivity index (χ0v) is 11.6. The second-order valence-electron chi connectivity index (χ2n) is 4.04. The molecule has 0 saturated carbocycles. The highest BCUT2D eigenvalue weighted by molar-refractivity contribution is 7.89. The molecule has 0 amide bonds. The first kappa shape index (κ1) is 14.7. The molecule has 102 valence electrons. The highest BCUT2D eigenvalue weighted by Crippen LogP contribution is 2.18. The summed E-state index contributed by atoms with van der Waals surface area (Å²) < 4.78 is 27.9. The number of aromatic nitrogens is 2. The van der Waals surface area contributed by atoms with Gasteiger partial charge in [0.1, 0.15) is 10.9 Å². The molecule has 1 heterocycles. The van der Waals surface area contributed by atoms with Crippen LogP contribution in [0.15, 0.2) is 4.90 Å². The van der Waals surface area contributed by atoms with Crippen LogP contribution in [-0.2, 0) is 21.9 Å². The van der Waals surface area contributed by atoms with Crippen molar-refractivity contribution >= 4 is 16.0 Å². The fourth-order valence-electron chi connectivity index (χ4n) is 1.70. The van der Waals surface area contributed by atoms with Gasteiger partial charge in [0.25, 0.3) is 0 Å². The number of carboxylic acids is 1. The molecular formula is C10H17N3O4S. The molecule has 2 N–H and O–H groups in total. The molecule has 0 radical (unpaired) electrons. The molecule has 0 aliphatic heterocycles. The molecule has 0 unspecified atom stereocenters. The van der Waals surface area contributed by atoms with Crippen LogP contribution < -0.4 is 4.72 Å². The fourth-order valence-corrected chi connectivity index (χ4v) is 3.41. The molecule has 0 spiro atoms. The summed E-state index contributed by atoms with van der Waals surface area (Å²) >= 11 is 0. The van der Waals surface area contributed by atoms with Gasteiger partial charge < -0.3 is 5.11 Å². The Morgan fingerprint density at radius 2 is 2.06 bits per heavy atom. The molecule has 18 heavy (non-hydrogen) atoms. The average molecular weight is 275 g/mol. The van der Waals surface area contributed by atoms with Crippen molar-refractivity contribution in [1.82, 2.24) is 14.5 Å². The van der Waals surface area contributed by atoms with Gasteiger partial charge >= 0.3 is 5.97 Å². The van der Waals surface area contributed by atoms with E-state index < -0.39 is 22.0 Å². The van der Waals surface area contributed by atoms with E-state index in [1.54, 1.807) is 27.8 Å². The van der Waals surface area contributed by atoms with Gasteiger partial charge in [-0.3, -0.25) is 9.48 Å². The van der Waals surface area contributed by atoms with E-state index >= 15 is 0 Å². The van der Waals surface area contributed by atoms with E-state index in [0.717, 1.165) is 0 Å². The number of carboxylic acid groups (broad SMARTS) is 1. The summed E-state index contributed by atoms with van der Waals surface area (Å²) in [4.78, 5) is 10.9. The molecule has 1 aromatic heterocycles. The lowest BCUT2D eigenvalue weighted by atomic mass is 10.2. The zero-order chi connectivity index (χ0) is 14.1. The number of rotatable bonds is 5. The van der Waals surface area contributed by atoms with Crippen molar-refractivity contribution in [3.05, 3.63) is 11.4 Å². The molecule has 8 heteroatoms. The van der Waals surface area contributed by atoms with E-state index in [-0.39, 0.29) is 11.3 Å². The Bertz CT molecular complexity index is 562. The highest BCUT2D eigenvalue weighted by atomic mass is 32.2. The zero-order valence-electron chi connectivity index (χ0n) is 10.8. The van der Waals surface area contributed by atoms with Crippen molar-refractivity contribution in [2.24, 2.45) is 7.05 Å². The lowest BCUT2D eigenvalue weighted by Crippen LogP contribution is -2.40. The second kappa shape index (κ2) is 5.07. The quantitative estimate of drug-likeness (QED) is 0.798. The number of nitrogens with zero attached hydrogens (tertiary/aromatic N) is 2. The van der Waals surface area contributed by atoms with Gasteiger partial charge in [-0.1, -0.05) is 6.92 Å². The maximum atomic E-state index is 12.1. The minimum atomic E-state index is -3.87. The van der Waals surface area contributed by atoms with Gasteiger partial charge in [-0.05, 0) is 20.3 Å². The molecule has 0 fully saturated rings. The van der Waals surface area contributed by atoms with Crippen LogP contribution in [0.3, 0.4) is 0 Å². The van der Waals surface area contributed by atoms with Gasteiger partial charge in [-0.2, -0.15) is 9.82 Å². The van der Waals surface area contributed by atoms with E-state index in [2.05, 4.69) is 9.82 Å². The smallest absolute Gasteiger partial charge is 0.321 e. The summed E-state index contributed by atoms with van der Waals surface area (Å²) in [7, 11) is -2.24. The monoisotopic (exact) mass is 275 g/mol. The Balaban J connectivity index is 3.18. The summed E-state index contributed by atoms with van der Waals surface area (Å²) in [5.74, 6) is -1.19. The molecule has 1 atom stereocenters. The Morgan fingerprint density at radius 1 is 1.50 bits per heavy atom. The van der Waals surface area contributed by atoms with Gasteiger partial charge in [-0.25, -0.2) is 8.42 Å². The summed E-state index contributed by atoms with van der Waals surface area (Å²) in [6.07, 6.45) is 0.174. The van der Waals surface area contributed by atoms with Gasteiger partial charge in [0.2, 0.25) is 10.0 Å². The number of aliphatic carboxylic acids is 1. The maximum absolute atomic E-state index is 12.1. The van der Waals surface area contributed by atoms with Crippen LogP contribution in [-0.4, -0.2) is 35.3 Å². The predicted molar refractivity (Wildman–Crippen MR) is 64.7 cm³/mol. The van der Waals surface area contributed by atoms with E-state index in [1.807, 2.05) is 0 Å². The third kappa shape index (κ3) is 2.70. The molecular weight excluding hydrogens is 258 g/mol. The highest BCUT2D eigenvalue weighted by Gasteiger charge is 2.28. The van der Waals surface area contributed by atoms with Gasteiger partial charge in [0.05, 0.1) is 11.4 Å². The third-order valence-corrected chi connectivity index (χ3v) is 4.44. The van der Waals surface area contributed by atoms with Crippen molar-refractivity contribution in [1.29, 1.82) is 0 Å². The fraction of sp³-hybridized carbons (Fsp3) is 0.600. The molecule has 1 rings (SSSR count). The van der Waals surface area contributed by atoms with Crippen LogP contribution in [0, 0.1) is 13.8 Å². The van der Waals surface area contributed by atoms with Gasteiger partial charge in [0, 0.05) is 7.05 Å². The van der Waals surface area contributed by atoms with Gasteiger partial charge in [-0.15, -0.1) is 0 Å². The molecule has 1 aromatic rings. The van der Waals surface area contributed by atoms with Crippen molar-refractivity contribution in [3.63, 3.8) is 0 Å². The third-order valence-electron chi connectivity index (χ3n) is 2.72. The van der Waals surface area contributed by atoms with Crippen molar-refractivity contribution < 1.29 is 18.3 Å². The molecule has 0 aliphatic carbocycles. The standard InChI is InChI=1S/C10H17N3O4S/c1-5-8(10(14)15)12-18(16,17)9-6(2)11-13(4)7(9)3/h8,12H,5H2,1-4H3,(H,14,15)/t8-/m1/s1. The Hall–Kier alpha value is -1.41. The minimum absolute atomic E-state index is 0.0460. The number of hydrogen-bond donors (Lipinski definition) is 2. The molecule has 7 nitrogen and oxygen atoms in total. The van der Waals surface area contributed by atoms with E-state index in [1.165, 1.54) is 4.68 Å². The van der Waals surface area contributed by atoms with E-state index in [4.69, 9.17) is 5.11 Å². The Morgan fingerprint density at radius 3 is 2.39 bits per heavy atom. The topological polar surface area (TPSA) is 101 Å². The second-order valence-corrected chi connectivity index (χ2v) is 5.69. The maximum Gasteiger partial charge on any atom is 0.321 e. The lowest BCUT2D eigenvalue weighted by Gasteiger charge is -2.12. The van der Waals surface area contributed by atoms with Crippen molar-refractivity contribution in [3.8, 4) is 0 Å². The number of carbonyl (C=O) groups is 1. The summed E-state index contributed by atoms with van der Waals surface area (Å²) in [5, 5.41) is 12.9. The molecule has 0 bridgehead atoms. The minimum Gasteiger partial charge on any atom is -0.480 e. The van der Waals surface area contributed by atoms with Crippen LogP contribution in [0.1, 0.15) is 24.7 Å². The van der Waals surface area contributed by atoms with Gasteiger partial charge in [0.15, 0.2) is 0 Å². The largest absolute Gasteiger partial charge is 0.480 e. The molecule has 0 saturated heterocycles. The normalized spacial score (nSPS) is 13.6. The number of aryl methyl sites for hydroxylation is 2. The predicted octanol–water partition coefficient (Wildman–Crippen LogP) is 0.178. The first-order valence-electron chi connectivity index (χ1n) is 5.46. The SMILES string of the molecule is CC[C@@H](NS(=O)(=O)c1c(C)nn(C)c1C)C(=O)O. The van der Waals surface area contributed by atoms with Crippen LogP contribution in [0.4, 0.5) is 0 Å². The van der Waals surface area contributed by atoms with Crippen molar-refractivity contribution in [2.45, 2.75) is 38.1 Å². The first-order chi connectivity index (χ1) is 8.20. The van der Waals surface area contributed by atoms with Crippen LogP contribution in [0.2, 0.25) is 0 Å². The van der Waals surface area contributed by atoms with E-state index in [9.17, 15) is 13.2 Å². The molecule has 0 aliphatic rings. The Kier molecular flexibility index (Phi) is 4.12. The first-order valence-corrected chi connectivity index (χ1v) is 6.94. The number of nitrogens with one attached hydrogen (secondary N) is 1.